The molecule has 1 atom stereocenters. The lowest BCUT2D eigenvalue weighted by molar-refractivity contribution is 0.317. The summed E-state index contributed by atoms with van der Waals surface area (Å²) in [6.45, 7) is 3.31. The normalized spacial score (nSPS) is 22.2. The van der Waals surface area contributed by atoms with E-state index in [0.717, 1.165) is 13.0 Å². The van der Waals surface area contributed by atoms with Crippen molar-refractivity contribution in [2.24, 2.45) is 0 Å². The summed E-state index contributed by atoms with van der Waals surface area (Å²) in [4.78, 5) is 6.63. The van der Waals surface area contributed by atoms with Crippen LogP contribution in [0.1, 0.15) is 36.9 Å². The van der Waals surface area contributed by atoms with Crippen LogP contribution in [0.2, 0.25) is 5.15 Å². The Bertz CT molecular complexity index is 351. The third-order valence-corrected chi connectivity index (χ3v) is 3.53. The fraction of sp³-hybridized carbons (Fsp3) is 0.583. The van der Waals surface area contributed by atoms with Crippen molar-refractivity contribution in [1.82, 2.24) is 9.88 Å². The van der Waals surface area contributed by atoms with E-state index >= 15 is 0 Å². The predicted octanol–water partition coefficient (Wildman–Crippen LogP) is 3.06. The van der Waals surface area contributed by atoms with Crippen molar-refractivity contribution in [2.75, 3.05) is 13.6 Å². The molecule has 0 aromatic carbocycles. The van der Waals surface area contributed by atoms with Crippen molar-refractivity contribution in [3.8, 4) is 0 Å². The highest BCUT2D eigenvalue weighted by molar-refractivity contribution is 6.30. The van der Waals surface area contributed by atoms with Gasteiger partial charge >= 0.3 is 0 Å². The molecule has 82 valence electrons. The molecule has 0 bridgehead atoms. The van der Waals surface area contributed by atoms with E-state index in [1.165, 1.54) is 24.0 Å². The first-order chi connectivity index (χ1) is 7.22. The van der Waals surface area contributed by atoms with E-state index in [1.54, 1.807) is 0 Å². The number of pyridine rings is 1. The maximum absolute atomic E-state index is 6.16. The molecule has 0 saturated carbocycles. The summed E-state index contributed by atoms with van der Waals surface area (Å²) in [7, 11) is 2.16. The number of hydrogen-bond donors (Lipinski definition) is 0. The zero-order valence-corrected chi connectivity index (χ0v) is 10.1. The Morgan fingerprint density at radius 1 is 1.60 bits per heavy atom. The van der Waals surface area contributed by atoms with Gasteiger partial charge in [-0.1, -0.05) is 18.5 Å². The molecule has 0 amide bonds. The molecule has 15 heavy (non-hydrogen) atoms. The van der Waals surface area contributed by atoms with Gasteiger partial charge in [-0.2, -0.15) is 0 Å². The largest absolute Gasteiger partial charge is 0.299 e. The fourth-order valence-electron chi connectivity index (χ4n) is 2.24. The minimum Gasteiger partial charge on any atom is -0.299 e. The van der Waals surface area contributed by atoms with Gasteiger partial charge in [0.15, 0.2) is 0 Å². The topological polar surface area (TPSA) is 16.1 Å². The summed E-state index contributed by atoms with van der Waals surface area (Å²) in [6.07, 6.45) is 5.35. The summed E-state index contributed by atoms with van der Waals surface area (Å²) in [5.74, 6) is 0. The molecule has 1 aliphatic heterocycles. The van der Waals surface area contributed by atoms with E-state index in [1.807, 2.05) is 6.20 Å². The monoisotopic (exact) mass is 224 g/mol. The summed E-state index contributed by atoms with van der Waals surface area (Å²) in [5.41, 5.74) is 2.48. The van der Waals surface area contributed by atoms with E-state index in [0.29, 0.717) is 11.2 Å². The second-order valence-electron chi connectivity index (χ2n) is 4.22. The van der Waals surface area contributed by atoms with E-state index in [4.69, 9.17) is 11.6 Å². The second kappa shape index (κ2) is 4.50. The summed E-state index contributed by atoms with van der Waals surface area (Å²) in [6, 6.07) is 2.68. The number of hydrogen-bond acceptors (Lipinski definition) is 2. The van der Waals surface area contributed by atoms with Crippen LogP contribution in [0, 0.1) is 0 Å². The standard InChI is InChI=1S/C12H17ClN2/c1-3-9-7-10(12(13)14-8-9)11-5-4-6-15(11)2/h7-8,11H,3-6H2,1-2H3/t11-/m1/s1. The van der Waals surface area contributed by atoms with Crippen LogP contribution in [0.25, 0.3) is 0 Å². The van der Waals surface area contributed by atoms with E-state index < -0.39 is 0 Å². The molecule has 0 aliphatic carbocycles. The molecular formula is C12H17ClN2. The molecule has 3 heteroatoms. The lowest BCUT2D eigenvalue weighted by Crippen LogP contribution is -2.18. The Morgan fingerprint density at radius 3 is 3.00 bits per heavy atom. The number of aryl methyl sites for hydroxylation is 1. The molecule has 0 N–H and O–H groups in total. The zero-order valence-electron chi connectivity index (χ0n) is 9.33. The molecule has 1 saturated heterocycles. The van der Waals surface area contributed by atoms with Crippen LogP contribution >= 0.6 is 11.6 Å². The summed E-state index contributed by atoms with van der Waals surface area (Å²) < 4.78 is 0. The molecule has 2 rings (SSSR count). The van der Waals surface area contributed by atoms with Crippen LogP contribution < -0.4 is 0 Å². The first kappa shape index (κ1) is 10.9. The minimum absolute atomic E-state index is 0.469. The van der Waals surface area contributed by atoms with Gasteiger partial charge < -0.3 is 0 Å². The maximum Gasteiger partial charge on any atom is 0.133 e. The molecule has 1 aromatic heterocycles. The van der Waals surface area contributed by atoms with Crippen molar-refractivity contribution in [2.45, 2.75) is 32.2 Å². The molecule has 1 aliphatic rings. The molecule has 2 nitrogen and oxygen atoms in total. The van der Waals surface area contributed by atoms with Crippen LogP contribution in [0.5, 0.6) is 0 Å². The van der Waals surface area contributed by atoms with Gasteiger partial charge in [-0.15, -0.1) is 0 Å². The van der Waals surface area contributed by atoms with Gasteiger partial charge in [0.2, 0.25) is 0 Å². The van der Waals surface area contributed by atoms with Crippen LogP contribution in [-0.4, -0.2) is 23.5 Å². The molecular weight excluding hydrogens is 208 g/mol. The molecule has 0 unspecified atom stereocenters. The van der Waals surface area contributed by atoms with Crippen LogP contribution in [0.4, 0.5) is 0 Å². The maximum atomic E-state index is 6.16. The second-order valence-corrected chi connectivity index (χ2v) is 4.57. The van der Waals surface area contributed by atoms with Crippen molar-refractivity contribution in [1.29, 1.82) is 0 Å². The SMILES string of the molecule is CCc1cnc(Cl)c([C@H]2CCCN2C)c1. The molecule has 0 spiro atoms. The average molecular weight is 225 g/mol. The minimum atomic E-state index is 0.469. The Hall–Kier alpha value is -0.600. The smallest absolute Gasteiger partial charge is 0.133 e. The zero-order chi connectivity index (χ0) is 10.8. The quantitative estimate of drug-likeness (QED) is 0.718. The van der Waals surface area contributed by atoms with E-state index in [2.05, 4.69) is 29.9 Å². The first-order valence-corrected chi connectivity index (χ1v) is 5.94. The average Bonchev–Trinajstić information content (AvgIpc) is 2.65. The number of nitrogens with zero attached hydrogens (tertiary/aromatic N) is 2. The van der Waals surface area contributed by atoms with Gasteiger partial charge in [0.25, 0.3) is 0 Å². The van der Waals surface area contributed by atoms with E-state index in [9.17, 15) is 0 Å². The fourth-order valence-corrected chi connectivity index (χ4v) is 2.47. The summed E-state index contributed by atoms with van der Waals surface area (Å²) >= 11 is 6.16. The molecule has 0 radical (unpaired) electrons. The van der Waals surface area contributed by atoms with Crippen molar-refractivity contribution in [3.05, 3.63) is 28.5 Å². The summed E-state index contributed by atoms with van der Waals surface area (Å²) in [5, 5.41) is 0.672. The Labute approximate surface area is 96.3 Å². The Kier molecular flexibility index (Phi) is 3.27. The highest BCUT2D eigenvalue weighted by Crippen LogP contribution is 2.34. The van der Waals surface area contributed by atoms with Gasteiger partial charge in [-0.3, -0.25) is 4.90 Å². The van der Waals surface area contributed by atoms with Gasteiger partial charge in [-0.25, -0.2) is 4.98 Å². The number of rotatable bonds is 2. The third kappa shape index (κ3) is 2.16. The van der Waals surface area contributed by atoms with Gasteiger partial charge in [-0.05, 0) is 44.5 Å². The highest BCUT2D eigenvalue weighted by atomic mass is 35.5. The molecule has 2 heterocycles. The van der Waals surface area contributed by atoms with Crippen molar-refractivity contribution < 1.29 is 0 Å². The molecule has 1 aromatic rings. The highest BCUT2D eigenvalue weighted by Gasteiger charge is 2.25. The Morgan fingerprint density at radius 2 is 2.40 bits per heavy atom. The number of halogens is 1. The predicted molar refractivity (Wildman–Crippen MR) is 63.2 cm³/mol. The van der Waals surface area contributed by atoms with Crippen LogP contribution in [0.3, 0.4) is 0 Å². The van der Waals surface area contributed by atoms with E-state index in [-0.39, 0.29) is 0 Å². The molecule has 1 fully saturated rings. The van der Waals surface area contributed by atoms with Gasteiger partial charge in [0.05, 0.1) is 0 Å². The Balaban J connectivity index is 2.33. The van der Waals surface area contributed by atoms with Crippen LogP contribution in [-0.2, 0) is 6.42 Å². The van der Waals surface area contributed by atoms with Crippen molar-refractivity contribution >= 4 is 11.6 Å². The van der Waals surface area contributed by atoms with Gasteiger partial charge in [0, 0.05) is 17.8 Å². The first-order valence-electron chi connectivity index (χ1n) is 5.57. The van der Waals surface area contributed by atoms with Gasteiger partial charge in [0.1, 0.15) is 5.15 Å². The van der Waals surface area contributed by atoms with Crippen molar-refractivity contribution in [3.63, 3.8) is 0 Å². The third-order valence-electron chi connectivity index (χ3n) is 3.21. The van der Waals surface area contributed by atoms with Crippen LogP contribution in [0.15, 0.2) is 12.3 Å². The lowest BCUT2D eigenvalue weighted by Gasteiger charge is -2.20. The lowest BCUT2D eigenvalue weighted by atomic mass is 10.0. The number of likely N-dealkylation sites (tertiary alicyclic amines) is 1. The number of aromatic nitrogens is 1.